The number of imidazole rings is 1. The molecule has 2 aromatic carbocycles. The van der Waals surface area contributed by atoms with Crippen LogP contribution in [0.3, 0.4) is 0 Å². The lowest BCUT2D eigenvalue weighted by molar-refractivity contribution is -0.349. The van der Waals surface area contributed by atoms with Gasteiger partial charge in [0.25, 0.3) is 0 Å². The van der Waals surface area contributed by atoms with Gasteiger partial charge in [0.2, 0.25) is 11.6 Å². The Labute approximate surface area is 150 Å². The number of fused-ring (bicyclic) bond motifs is 1. The molecule has 3 aromatic rings. The molecule has 2 N–H and O–H groups in total. The van der Waals surface area contributed by atoms with Gasteiger partial charge in [-0.25, -0.2) is 4.98 Å². The Morgan fingerprint density at radius 2 is 1.88 bits per heavy atom. The van der Waals surface area contributed by atoms with Crippen molar-refractivity contribution in [2.45, 2.75) is 20.8 Å². The SMILES string of the molecule is C=[N+]([O-])c1ccc2nc(-c3ccc(NC(=O)C(C)(C)C)cc3)n(O)c2c1. The molecule has 0 aliphatic heterocycles. The molecule has 134 valence electrons. The largest absolute Gasteiger partial charge is 0.619 e. The second-order valence-corrected chi connectivity index (χ2v) is 7.08. The molecule has 0 fully saturated rings. The molecule has 1 amide bonds. The quantitative estimate of drug-likeness (QED) is 0.247. The van der Waals surface area contributed by atoms with Gasteiger partial charge in [0.1, 0.15) is 12.2 Å². The molecule has 1 aromatic heterocycles. The number of nitrogens with one attached hydrogen (secondary N) is 1. The first-order valence-corrected chi connectivity index (χ1v) is 8.08. The number of amides is 1. The maximum absolute atomic E-state index is 12.0. The minimum atomic E-state index is -0.487. The van der Waals surface area contributed by atoms with E-state index in [-0.39, 0.29) is 5.91 Å². The predicted molar refractivity (Wildman–Crippen MR) is 101 cm³/mol. The summed E-state index contributed by atoms with van der Waals surface area (Å²) in [5.41, 5.74) is 2.13. The lowest BCUT2D eigenvalue weighted by Gasteiger charge is -2.17. The van der Waals surface area contributed by atoms with E-state index in [0.717, 1.165) is 4.73 Å². The van der Waals surface area contributed by atoms with Crippen molar-refractivity contribution in [3.05, 3.63) is 47.7 Å². The predicted octanol–water partition coefficient (Wildman–Crippen LogP) is 3.77. The number of carbonyl (C=O) groups excluding carboxylic acids is 1. The van der Waals surface area contributed by atoms with Crippen LogP contribution in [0.4, 0.5) is 11.4 Å². The molecule has 7 heteroatoms. The monoisotopic (exact) mass is 352 g/mol. The molecular weight excluding hydrogens is 332 g/mol. The van der Waals surface area contributed by atoms with Crippen LogP contribution in [0.15, 0.2) is 42.5 Å². The fourth-order valence-corrected chi connectivity index (χ4v) is 2.41. The first kappa shape index (κ1) is 17.5. The lowest BCUT2D eigenvalue weighted by Crippen LogP contribution is -2.27. The minimum absolute atomic E-state index is 0.0810. The van der Waals surface area contributed by atoms with Gasteiger partial charge in [-0.15, -0.1) is 0 Å². The zero-order valence-corrected chi connectivity index (χ0v) is 14.9. The summed E-state index contributed by atoms with van der Waals surface area (Å²) in [5.74, 6) is 0.259. The molecule has 26 heavy (non-hydrogen) atoms. The zero-order valence-electron chi connectivity index (χ0n) is 14.9. The summed E-state index contributed by atoms with van der Waals surface area (Å²) in [6.07, 6.45) is 0. The third-order valence-corrected chi connectivity index (χ3v) is 3.98. The van der Waals surface area contributed by atoms with Crippen molar-refractivity contribution in [3.63, 3.8) is 0 Å². The fraction of sp³-hybridized carbons (Fsp3) is 0.211. The first-order valence-electron chi connectivity index (χ1n) is 8.08. The topological polar surface area (TPSA) is 93.2 Å². The Balaban J connectivity index is 1.93. The van der Waals surface area contributed by atoms with E-state index in [1.165, 1.54) is 6.07 Å². The number of hydrogen-bond donors (Lipinski definition) is 2. The first-order chi connectivity index (χ1) is 12.2. The lowest BCUT2D eigenvalue weighted by atomic mass is 9.95. The summed E-state index contributed by atoms with van der Waals surface area (Å²) >= 11 is 0. The highest BCUT2D eigenvalue weighted by molar-refractivity contribution is 5.94. The van der Waals surface area contributed by atoms with Crippen LogP contribution in [0.25, 0.3) is 22.4 Å². The van der Waals surface area contributed by atoms with Crippen LogP contribution in [0, 0.1) is 10.6 Å². The molecular formula is C19H20N4O3. The summed E-state index contributed by atoms with van der Waals surface area (Å²) in [7, 11) is 0. The van der Waals surface area contributed by atoms with Crippen LogP contribution in [-0.2, 0) is 4.79 Å². The van der Waals surface area contributed by atoms with Gasteiger partial charge in [-0.3, -0.25) is 4.79 Å². The van der Waals surface area contributed by atoms with Crippen molar-refractivity contribution in [1.82, 2.24) is 9.71 Å². The van der Waals surface area contributed by atoms with Crippen molar-refractivity contribution < 1.29 is 14.7 Å². The van der Waals surface area contributed by atoms with Crippen LogP contribution in [0.1, 0.15) is 20.8 Å². The Kier molecular flexibility index (Phi) is 4.15. The molecule has 0 aliphatic rings. The van der Waals surface area contributed by atoms with E-state index in [0.29, 0.717) is 38.5 Å². The highest BCUT2D eigenvalue weighted by Gasteiger charge is 2.21. The van der Waals surface area contributed by atoms with Gasteiger partial charge >= 0.3 is 0 Å². The van der Waals surface area contributed by atoms with Crippen molar-refractivity contribution in [3.8, 4) is 11.4 Å². The summed E-state index contributed by atoms with van der Waals surface area (Å²) in [6.45, 7) is 8.82. The third kappa shape index (κ3) is 3.23. The number of hydrogen-bond acceptors (Lipinski definition) is 4. The molecule has 7 nitrogen and oxygen atoms in total. The Morgan fingerprint density at radius 1 is 1.23 bits per heavy atom. The van der Waals surface area contributed by atoms with Gasteiger partial charge in [0, 0.05) is 28.8 Å². The number of benzene rings is 2. The maximum atomic E-state index is 12.0. The van der Waals surface area contributed by atoms with Gasteiger partial charge in [-0.1, -0.05) is 20.8 Å². The summed E-state index contributed by atoms with van der Waals surface area (Å²) in [5, 5.41) is 24.6. The van der Waals surface area contributed by atoms with E-state index >= 15 is 0 Å². The number of rotatable bonds is 3. The molecule has 3 rings (SSSR count). The van der Waals surface area contributed by atoms with Gasteiger partial charge in [0.05, 0.1) is 5.52 Å². The maximum Gasteiger partial charge on any atom is 0.229 e. The molecule has 0 spiro atoms. The highest BCUT2D eigenvalue weighted by Crippen LogP contribution is 2.27. The summed E-state index contributed by atoms with van der Waals surface area (Å²) in [6, 6.07) is 11.8. The number of carbonyl (C=O) groups is 1. The van der Waals surface area contributed by atoms with E-state index in [9.17, 15) is 15.2 Å². The minimum Gasteiger partial charge on any atom is -0.619 e. The Bertz CT molecular complexity index is 998. The van der Waals surface area contributed by atoms with Crippen LogP contribution in [0.5, 0.6) is 0 Å². The molecule has 0 bridgehead atoms. The summed E-state index contributed by atoms with van der Waals surface area (Å²) < 4.78 is 1.41. The third-order valence-electron chi connectivity index (χ3n) is 3.98. The molecule has 0 unspecified atom stereocenters. The molecule has 0 atom stereocenters. The van der Waals surface area contributed by atoms with Crippen LogP contribution >= 0.6 is 0 Å². The normalized spacial score (nSPS) is 11.5. The van der Waals surface area contributed by atoms with Crippen molar-refractivity contribution in [1.29, 1.82) is 0 Å². The van der Waals surface area contributed by atoms with Crippen molar-refractivity contribution >= 4 is 35.0 Å². The average Bonchev–Trinajstić information content (AvgIpc) is 2.91. The van der Waals surface area contributed by atoms with Gasteiger partial charge in [0.15, 0.2) is 5.82 Å². The molecule has 0 aliphatic carbocycles. The molecule has 1 heterocycles. The zero-order chi connectivity index (χ0) is 19.1. The Hall–Kier alpha value is -3.35. The second kappa shape index (κ2) is 6.18. The van der Waals surface area contributed by atoms with Gasteiger partial charge in [-0.05, 0) is 30.3 Å². The van der Waals surface area contributed by atoms with Crippen molar-refractivity contribution in [2.75, 3.05) is 5.32 Å². The van der Waals surface area contributed by atoms with E-state index < -0.39 is 5.41 Å². The van der Waals surface area contributed by atoms with Gasteiger partial charge < -0.3 is 15.7 Å². The molecule has 0 saturated carbocycles. The molecule has 0 saturated heterocycles. The van der Waals surface area contributed by atoms with E-state index in [4.69, 9.17) is 0 Å². The van der Waals surface area contributed by atoms with E-state index in [1.807, 2.05) is 20.8 Å². The smallest absolute Gasteiger partial charge is 0.229 e. The van der Waals surface area contributed by atoms with Crippen LogP contribution in [-0.4, -0.2) is 32.3 Å². The Morgan fingerprint density at radius 3 is 2.46 bits per heavy atom. The standard InChI is InChI=1S/C19H20N4O3/c1-19(2,3)18(24)20-13-7-5-12(6-8-13)17-21-15-10-9-14(22(4)25)11-16(15)23(17)26/h5-11,26H,4H2,1-3H3,(H,20,24). The second-order valence-electron chi connectivity index (χ2n) is 7.08. The van der Waals surface area contributed by atoms with E-state index in [1.54, 1.807) is 36.4 Å². The van der Waals surface area contributed by atoms with Crippen LogP contribution in [0.2, 0.25) is 0 Å². The van der Waals surface area contributed by atoms with Crippen LogP contribution < -0.4 is 5.32 Å². The van der Waals surface area contributed by atoms with Gasteiger partial charge in [-0.2, -0.15) is 9.47 Å². The van der Waals surface area contributed by atoms with Crippen molar-refractivity contribution in [2.24, 2.45) is 5.41 Å². The highest BCUT2D eigenvalue weighted by atomic mass is 16.5. The number of anilines is 1. The number of nitrogens with zero attached hydrogens (tertiary/aromatic N) is 3. The summed E-state index contributed by atoms with van der Waals surface area (Å²) in [4.78, 5) is 16.4. The molecule has 0 radical (unpaired) electrons. The average molecular weight is 352 g/mol. The fourth-order valence-electron chi connectivity index (χ4n) is 2.41. The van der Waals surface area contributed by atoms with E-state index in [2.05, 4.69) is 17.0 Å². The number of aromatic nitrogens is 2.